The molecule has 4 nitrogen and oxygen atoms in total. The summed E-state index contributed by atoms with van der Waals surface area (Å²) in [5, 5.41) is 12.6. The van der Waals surface area contributed by atoms with Crippen molar-refractivity contribution in [3.8, 4) is 0 Å². The normalized spacial score (nSPS) is 12.2. The molecule has 0 saturated heterocycles. The van der Waals surface area contributed by atoms with Gasteiger partial charge in [-0.25, -0.2) is 0 Å². The van der Waals surface area contributed by atoms with Gasteiger partial charge in [-0.3, -0.25) is 0 Å². The highest BCUT2D eigenvalue weighted by atomic mass is 15.2. The maximum absolute atomic E-state index is 2.58. The van der Waals surface area contributed by atoms with E-state index < -0.39 is 0 Å². The van der Waals surface area contributed by atoms with Gasteiger partial charge in [0.05, 0.1) is 44.5 Å². The summed E-state index contributed by atoms with van der Waals surface area (Å²) in [4.78, 5) is 4.85. The first-order valence-electron chi connectivity index (χ1n) is 21.4. The van der Waals surface area contributed by atoms with Crippen LogP contribution >= 0.6 is 0 Å². The lowest BCUT2D eigenvalue weighted by Gasteiger charge is -2.27. The van der Waals surface area contributed by atoms with Gasteiger partial charge in [-0.05, 0) is 83.6 Å². The second kappa shape index (κ2) is 12.6. The monoisotopic (exact) mass is 788 g/mol. The summed E-state index contributed by atoms with van der Waals surface area (Å²) in [6.07, 6.45) is 0. The van der Waals surface area contributed by atoms with Gasteiger partial charge in [0.25, 0.3) is 0 Å². The molecule has 4 heterocycles. The van der Waals surface area contributed by atoms with Gasteiger partial charge < -0.3 is 18.6 Å². The molecule has 0 spiro atoms. The summed E-state index contributed by atoms with van der Waals surface area (Å²) < 4.78 is 5.14. The van der Waals surface area contributed by atoms with E-state index in [2.05, 4.69) is 237 Å². The van der Waals surface area contributed by atoms with E-state index >= 15 is 0 Å². The number of hydrogen-bond acceptors (Lipinski definition) is 2. The van der Waals surface area contributed by atoms with Gasteiger partial charge >= 0.3 is 0 Å². The molecule has 0 radical (unpaired) electrons. The number of para-hydroxylation sites is 7. The lowest BCUT2D eigenvalue weighted by atomic mass is 10.00. The maximum atomic E-state index is 2.58. The number of anilines is 6. The summed E-state index contributed by atoms with van der Waals surface area (Å²) in [5.41, 5.74) is 14.1. The molecule has 0 unspecified atom stereocenters. The minimum Gasteiger partial charge on any atom is -0.308 e. The standard InChI is InChI=1S/C58H36N4/c1-5-19-38(20-6-1)59(39-21-7-2-8-22-39)50-33-17-31-44-43-28-15-29-45-48-36-52-49(35-51(48)61(55(43)45)57(44)50)46-30-16-32-47-54-42-27-14-13-18-37(42)34-53(58(54)62(52)56(46)47)60(40-23-9-3-10-24-40)41-25-11-4-12-26-41/h1-36H. The number of hydrogen-bond donors (Lipinski definition) is 0. The van der Waals surface area contributed by atoms with Crippen molar-refractivity contribution >= 4 is 121 Å². The highest BCUT2D eigenvalue weighted by Gasteiger charge is 2.28. The summed E-state index contributed by atoms with van der Waals surface area (Å²) in [5.74, 6) is 0. The highest BCUT2D eigenvalue weighted by Crippen LogP contribution is 2.51. The molecule has 0 aliphatic carbocycles. The first kappa shape index (κ1) is 33.5. The Morgan fingerprint density at radius 1 is 0.258 bits per heavy atom. The molecular formula is C58H36N4. The Balaban J connectivity index is 1.15. The Bertz CT molecular complexity index is 3940. The molecule has 0 aliphatic heterocycles. The third-order valence-corrected chi connectivity index (χ3v) is 13.3. The zero-order valence-electron chi connectivity index (χ0n) is 33.6. The molecule has 10 aromatic carbocycles. The van der Waals surface area contributed by atoms with E-state index in [1.807, 2.05) is 0 Å². The average molecular weight is 789 g/mol. The summed E-state index contributed by atoms with van der Waals surface area (Å²) in [6, 6.07) is 80.0. The van der Waals surface area contributed by atoms with Crippen molar-refractivity contribution in [2.45, 2.75) is 0 Å². The van der Waals surface area contributed by atoms with Crippen LogP contribution in [0.25, 0.3) is 87.0 Å². The summed E-state index contributed by atoms with van der Waals surface area (Å²) in [7, 11) is 0. The Kier molecular flexibility index (Phi) is 6.80. The smallest absolute Gasteiger partial charge is 0.0789 e. The van der Waals surface area contributed by atoms with Crippen molar-refractivity contribution in [2.24, 2.45) is 0 Å². The van der Waals surface area contributed by atoms with Crippen LogP contribution in [0.15, 0.2) is 218 Å². The highest BCUT2D eigenvalue weighted by molar-refractivity contribution is 6.33. The second-order valence-corrected chi connectivity index (χ2v) is 16.5. The number of nitrogens with zero attached hydrogens (tertiary/aromatic N) is 4. The minimum atomic E-state index is 1.12. The largest absolute Gasteiger partial charge is 0.308 e. The molecule has 4 aromatic heterocycles. The first-order valence-corrected chi connectivity index (χ1v) is 21.4. The molecule has 0 fully saturated rings. The zero-order chi connectivity index (χ0) is 40.5. The molecule has 0 amide bonds. The van der Waals surface area contributed by atoms with E-state index in [-0.39, 0.29) is 0 Å². The molecule has 0 saturated carbocycles. The Morgan fingerprint density at radius 2 is 0.645 bits per heavy atom. The number of rotatable bonds is 6. The van der Waals surface area contributed by atoms with Crippen LogP contribution in [0.2, 0.25) is 0 Å². The van der Waals surface area contributed by atoms with Gasteiger partial charge in [-0.2, -0.15) is 0 Å². The molecule has 0 atom stereocenters. The molecule has 4 heteroatoms. The van der Waals surface area contributed by atoms with Crippen LogP contribution in [-0.4, -0.2) is 8.80 Å². The van der Waals surface area contributed by atoms with E-state index in [0.29, 0.717) is 0 Å². The molecule has 0 N–H and O–H groups in total. The lowest BCUT2D eigenvalue weighted by molar-refractivity contribution is 1.27. The maximum Gasteiger partial charge on any atom is 0.0789 e. The fourth-order valence-corrected chi connectivity index (χ4v) is 10.8. The van der Waals surface area contributed by atoms with E-state index in [9.17, 15) is 0 Å². The molecule has 14 rings (SSSR count). The lowest BCUT2D eigenvalue weighted by Crippen LogP contribution is -2.11. The van der Waals surface area contributed by atoms with E-state index in [4.69, 9.17) is 0 Å². The van der Waals surface area contributed by atoms with Crippen molar-refractivity contribution < 1.29 is 0 Å². The van der Waals surface area contributed by atoms with Gasteiger partial charge in [0, 0.05) is 65.8 Å². The Hall–Kier alpha value is -8.34. The summed E-state index contributed by atoms with van der Waals surface area (Å²) >= 11 is 0. The Morgan fingerprint density at radius 3 is 1.19 bits per heavy atom. The Labute approximate surface area is 356 Å². The van der Waals surface area contributed by atoms with Gasteiger partial charge in [-0.15, -0.1) is 0 Å². The third-order valence-electron chi connectivity index (χ3n) is 13.3. The van der Waals surface area contributed by atoms with Gasteiger partial charge in [-0.1, -0.05) is 146 Å². The number of fused-ring (bicyclic) bond motifs is 14. The molecule has 14 aromatic rings. The zero-order valence-corrected chi connectivity index (χ0v) is 33.6. The average Bonchev–Trinajstić information content (AvgIpc) is 4.07. The van der Waals surface area contributed by atoms with Gasteiger partial charge in [0.2, 0.25) is 0 Å². The summed E-state index contributed by atoms with van der Waals surface area (Å²) in [6.45, 7) is 0. The SMILES string of the molecule is c1ccc(N(c2ccccc2)c2cccc3c4cccc5c6cc7c(cc6n(c23)c54)c2cccc3c4c5ccccc5cc(N(c5ccccc5)c5ccccc5)c4n7c23)cc1. The molecular weight excluding hydrogens is 753 g/mol. The first-order chi connectivity index (χ1) is 30.8. The van der Waals surface area contributed by atoms with Crippen LogP contribution in [0.5, 0.6) is 0 Å². The van der Waals surface area contributed by atoms with E-state index in [1.165, 1.54) is 87.0 Å². The van der Waals surface area contributed by atoms with Crippen molar-refractivity contribution in [1.29, 1.82) is 0 Å². The van der Waals surface area contributed by atoms with Crippen LogP contribution in [0.3, 0.4) is 0 Å². The van der Waals surface area contributed by atoms with Gasteiger partial charge in [0.1, 0.15) is 0 Å². The van der Waals surface area contributed by atoms with Crippen LogP contribution in [0, 0.1) is 0 Å². The van der Waals surface area contributed by atoms with Gasteiger partial charge in [0.15, 0.2) is 0 Å². The third kappa shape index (κ3) is 4.45. The van der Waals surface area contributed by atoms with Crippen LogP contribution < -0.4 is 9.80 Å². The van der Waals surface area contributed by atoms with E-state index in [0.717, 1.165) is 34.1 Å². The number of aromatic nitrogens is 2. The van der Waals surface area contributed by atoms with Crippen LogP contribution in [0.4, 0.5) is 34.1 Å². The van der Waals surface area contributed by atoms with Crippen molar-refractivity contribution in [3.63, 3.8) is 0 Å². The van der Waals surface area contributed by atoms with Crippen LogP contribution in [0.1, 0.15) is 0 Å². The van der Waals surface area contributed by atoms with Crippen molar-refractivity contribution in [2.75, 3.05) is 9.80 Å². The van der Waals surface area contributed by atoms with Crippen molar-refractivity contribution in [3.05, 3.63) is 218 Å². The van der Waals surface area contributed by atoms with Crippen molar-refractivity contribution in [1.82, 2.24) is 8.80 Å². The fourth-order valence-electron chi connectivity index (χ4n) is 10.8. The topological polar surface area (TPSA) is 15.3 Å². The van der Waals surface area contributed by atoms with E-state index in [1.54, 1.807) is 0 Å². The van der Waals surface area contributed by atoms with Crippen LogP contribution in [-0.2, 0) is 0 Å². The quantitative estimate of drug-likeness (QED) is 0.167. The molecule has 62 heavy (non-hydrogen) atoms. The minimum absolute atomic E-state index is 1.12. The predicted octanol–water partition coefficient (Wildman–Crippen LogP) is 16.1. The second-order valence-electron chi connectivity index (χ2n) is 16.5. The molecule has 288 valence electrons. The predicted molar refractivity (Wildman–Crippen MR) is 263 cm³/mol. The fraction of sp³-hybridized carbons (Fsp3) is 0. The molecule has 0 bridgehead atoms. The number of benzene rings is 10. The molecule has 0 aliphatic rings.